The zero-order chi connectivity index (χ0) is 6.10. The van der Waals surface area contributed by atoms with Gasteiger partial charge in [-0.05, 0) is 12.8 Å². The lowest BCUT2D eigenvalue weighted by Gasteiger charge is -2.22. The highest BCUT2D eigenvalue weighted by atomic mass is 16.5. The summed E-state index contributed by atoms with van der Waals surface area (Å²) >= 11 is 0. The molecule has 0 aromatic heterocycles. The fourth-order valence-electron chi connectivity index (χ4n) is 1.44. The van der Waals surface area contributed by atoms with E-state index >= 15 is 0 Å². The van der Waals surface area contributed by atoms with Crippen molar-refractivity contribution in [2.75, 3.05) is 19.8 Å². The molecule has 2 nitrogen and oxygen atoms in total. The molecule has 1 radical (unpaired) electrons. The van der Waals surface area contributed by atoms with E-state index in [-0.39, 0.29) is 0 Å². The molecule has 0 aliphatic carbocycles. The maximum atomic E-state index is 5.45. The maximum Gasteiger partial charge on any atom is 0.0861 e. The molecule has 0 bridgehead atoms. The molecule has 0 aromatic rings. The highest BCUT2D eigenvalue weighted by Gasteiger charge is 2.31. The van der Waals surface area contributed by atoms with Crippen LogP contribution in [-0.2, 0) is 9.47 Å². The van der Waals surface area contributed by atoms with Gasteiger partial charge >= 0.3 is 0 Å². The molecule has 2 fully saturated rings. The molecule has 51 valence electrons. The predicted molar refractivity (Wildman–Crippen MR) is 33.0 cm³/mol. The van der Waals surface area contributed by atoms with E-state index in [1.54, 1.807) is 0 Å². The molecule has 0 N–H and O–H groups in total. The second kappa shape index (κ2) is 2.27. The van der Waals surface area contributed by atoms with Gasteiger partial charge in [0.2, 0.25) is 0 Å². The van der Waals surface area contributed by atoms with Crippen molar-refractivity contribution in [3.05, 3.63) is 6.42 Å². The zero-order valence-electron chi connectivity index (χ0n) is 5.38. The van der Waals surface area contributed by atoms with Crippen LogP contribution in [0.1, 0.15) is 6.42 Å². The first kappa shape index (κ1) is 5.69. The van der Waals surface area contributed by atoms with Gasteiger partial charge in [-0.3, -0.25) is 0 Å². The molecule has 0 saturated carbocycles. The summed E-state index contributed by atoms with van der Waals surface area (Å²) in [5, 5.41) is 0. The number of hydrogen-bond acceptors (Lipinski definition) is 2. The van der Waals surface area contributed by atoms with E-state index in [0.29, 0.717) is 12.0 Å². The van der Waals surface area contributed by atoms with Crippen molar-refractivity contribution in [3.63, 3.8) is 0 Å². The Morgan fingerprint density at radius 1 is 1.33 bits per heavy atom. The van der Waals surface area contributed by atoms with Crippen molar-refractivity contribution in [1.29, 1.82) is 0 Å². The molecular formula is C7H11O2. The Balaban J connectivity index is 1.97. The molecule has 2 rings (SSSR count). The van der Waals surface area contributed by atoms with Crippen LogP contribution in [0.2, 0.25) is 0 Å². The van der Waals surface area contributed by atoms with Gasteiger partial charge in [0.15, 0.2) is 0 Å². The molecule has 2 aliphatic rings. The first-order valence-electron chi connectivity index (χ1n) is 3.49. The monoisotopic (exact) mass is 127 g/mol. The average molecular weight is 127 g/mol. The molecule has 2 heteroatoms. The van der Waals surface area contributed by atoms with E-state index in [4.69, 9.17) is 9.47 Å². The predicted octanol–water partition coefficient (Wildman–Crippen LogP) is 0.626. The second-order valence-electron chi connectivity index (χ2n) is 2.63. The first-order valence-corrected chi connectivity index (χ1v) is 3.49. The molecule has 2 atom stereocenters. The lowest BCUT2D eigenvalue weighted by atomic mass is 9.98. The van der Waals surface area contributed by atoms with Crippen molar-refractivity contribution in [3.8, 4) is 0 Å². The van der Waals surface area contributed by atoms with Crippen LogP contribution in [0.15, 0.2) is 0 Å². The number of ether oxygens (including phenoxy) is 2. The van der Waals surface area contributed by atoms with E-state index in [2.05, 4.69) is 6.42 Å². The van der Waals surface area contributed by atoms with Gasteiger partial charge < -0.3 is 9.47 Å². The van der Waals surface area contributed by atoms with Crippen LogP contribution in [0.4, 0.5) is 0 Å². The van der Waals surface area contributed by atoms with E-state index in [1.807, 2.05) is 0 Å². The minimum Gasteiger partial charge on any atom is -0.378 e. The Morgan fingerprint density at radius 3 is 3.22 bits per heavy atom. The fourth-order valence-corrected chi connectivity index (χ4v) is 1.44. The van der Waals surface area contributed by atoms with Gasteiger partial charge in [-0.25, -0.2) is 0 Å². The molecule has 0 amide bonds. The molecule has 0 spiro atoms. The zero-order valence-corrected chi connectivity index (χ0v) is 5.38. The van der Waals surface area contributed by atoms with Crippen molar-refractivity contribution in [1.82, 2.24) is 0 Å². The number of hydrogen-bond donors (Lipinski definition) is 0. The lowest BCUT2D eigenvalue weighted by Crippen LogP contribution is -2.28. The summed E-state index contributed by atoms with van der Waals surface area (Å²) < 4.78 is 10.7. The van der Waals surface area contributed by atoms with Crippen LogP contribution >= 0.6 is 0 Å². The Kier molecular flexibility index (Phi) is 1.44. The first-order chi connectivity index (χ1) is 4.47. The summed E-state index contributed by atoms with van der Waals surface area (Å²) in [6, 6.07) is 0. The standard InChI is InChI=1S/C7H11O2/c1-2-6-4-8-5-7(6)9-3-1/h2,6-7H,1,3-5H2/t6-,7-/m0/s1. The maximum absolute atomic E-state index is 5.45. The van der Waals surface area contributed by atoms with Gasteiger partial charge in [0.1, 0.15) is 0 Å². The molecule has 2 aliphatic heterocycles. The van der Waals surface area contributed by atoms with Crippen LogP contribution in [-0.4, -0.2) is 25.9 Å². The third-order valence-corrected chi connectivity index (χ3v) is 1.99. The van der Waals surface area contributed by atoms with Crippen LogP contribution in [0.25, 0.3) is 0 Å². The minimum atomic E-state index is 0.388. The Labute approximate surface area is 55.1 Å². The topological polar surface area (TPSA) is 18.5 Å². The summed E-state index contributed by atoms with van der Waals surface area (Å²) in [6.45, 7) is 2.58. The van der Waals surface area contributed by atoms with E-state index in [9.17, 15) is 0 Å². The Bertz CT molecular complexity index is 91.1. The van der Waals surface area contributed by atoms with Gasteiger partial charge in [-0.2, -0.15) is 0 Å². The average Bonchev–Trinajstić information content (AvgIpc) is 2.33. The molecular weight excluding hydrogens is 116 g/mol. The van der Waals surface area contributed by atoms with E-state index < -0.39 is 0 Å². The molecule has 9 heavy (non-hydrogen) atoms. The van der Waals surface area contributed by atoms with Crippen LogP contribution < -0.4 is 0 Å². The van der Waals surface area contributed by atoms with E-state index in [1.165, 1.54) is 0 Å². The Morgan fingerprint density at radius 2 is 2.33 bits per heavy atom. The summed E-state index contributed by atoms with van der Waals surface area (Å²) in [4.78, 5) is 0. The highest BCUT2D eigenvalue weighted by molar-refractivity contribution is 4.89. The van der Waals surface area contributed by atoms with Crippen LogP contribution in [0.5, 0.6) is 0 Å². The molecule has 0 aromatic carbocycles. The second-order valence-corrected chi connectivity index (χ2v) is 2.63. The van der Waals surface area contributed by atoms with Crippen LogP contribution in [0, 0.1) is 12.3 Å². The molecule has 2 saturated heterocycles. The van der Waals surface area contributed by atoms with Gasteiger partial charge in [-0.1, -0.05) is 0 Å². The normalized spacial score (nSPS) is 42.7. The number of fused-ring (bicyclic) bond motifs is 1. The quantitative estimate of drug-likeness (QED) is 0.475. The molecule has 0 unspecified atom stereocenters. The fraction of sp³-hybridized carbons (Fsp3) is 0.857. The highest BCUT2D eigenvalue weighted by Crippen LogP contribution is 2.24. The minimum absolute atomic E-state index is 0.388. The number of rotatable bonds is 0. The van der Waals surface area contributed by atoms with Crippen LogP contribution in [0.3, 0.4) is 0 Å². The van der Waals surface area contributed by atoms with Crippen molar-refractivity contribution >= 4 is 0 Å². The van der Waals surface area contributed by atoms with E-state index in [0.717, 1.165) is 26.2 Å². The Hall–Kier alpha value is -0.0800. The molecule has 2 heterocycles. The van der Waals surface area contributed by atoms with Gasteiger partial charge in [0.25, 0.3) is 0 Å². The summed E-state index contributed by atoms with van der Waals surface area (Å²) in [6.07, 6.45) is 3.81. The third-order valence-electron chi connectivity index (χ3n) is 1.99. The van der Waals surface area contributed by atoms with Gasteiger partial charge in [0, 0.05) is 12.5 Å². The summed E-state index contributed by atoms with van der Waals surface area (Å²) in [5.74, 6) is 0.596. The van der Waals surface area contributed by atoms with Crippen molar-refractivity contribution in [2.24, 2.45) is 5.92 Å². The van der Waals surface area contributed by atoms with Crippen molar-refractivity contribution in [2.45, 2.75) is 12.5 Å². The SMILES string of the molecule is [CH]1CCO[C@H]2COC[C@H]12. The van der Waals surface area contributed by atoms with Gasteiger partial charge in [-0.15, -0.1) is 0 Å². The summed E-state index contributed by atoms with van der Waals surface area (Å²) in [5.41, 5.74) is 0. The lowest BCUT2D eigenvalue weighted by molar-refractivity contribution is 0.0135. The smallest absolute Gasteiger partial charge is 0.0861 e. The van der Waals surface area contributed by atoms with Crippen molar-refractivity contribution < 1.29 is 9.47 Å². The summed E-state index contributed by atoms with van der Waals surface area (Å²) in [7, 11) is 0. The largest absolute Gasteiger partial charge is 0.378 e. The third kappa shape index (κ3) is 0.970. The van der Waals surface area contributed by atoms with Gasteiger partial charge in [0.05, 0.1) is 19.3 Å².